The van der Waals surface area contributed by atoms with Crippen molar-refractivity contribution >= 4 is 23.3 Å². The van der Waals surface area contributed by atoms with E-state index in [0.717, 1.165) is 40.4 Å². The Hall–Kier alpha value is -2.47. The minimum atomic E-state index is -0.0648. The van der Waals surface area contributed by atoms with Gasteiger partial charge in [-0.05, 0) is 37.5 Å². The molecule has 0 aliphatic rings. The number of aryl methyl sites for hydroxylation is 2. The number of nitrogens with one attached hydrogen (secondary N) is 1. The minimum absolute atomic E-state index is 0.0648. The first kappa shape index (κ1) is 19.3. The number of carbonyl (C=O) groups is 1. The Morgan fingerprint density at radius 3 is 2.74 bits per heavy atom. The summed E-state index contributed by atoms with van der Waals surface area (Å²) in [5, 5.41) is 8.12. The van der Waals surface area contributed by atoms with Crippen molar-refractivity contribution < 1.29 is 4.79 Å². The maximum atomic E-state index is 12.0. The summed E-state index contributed by atoms with van der Waals surface area (Å²) in [5.74, 6) is 0.934. The number of nitrogens with zero attached hydrogens (tertiary/aromatic N) is 4. The molecule has 1 aromatic carbocycles. The van der Waals surface area contributed by atoms with Crippen LogP contribution in [0.2, 0.25) is 5.02 Å². The topological polar surface area (TPSA) is 72.2 Å². The van der Waals surface area contributed by atoms with Crippen LogP contribution in [0.3, 0.4) is 0 Å². The highest BCUT2D eigenvalue weighted by atomic mass is 35.5. The van der Waals surface area contributed by atoms with Gasteiger partial charge in [0.1, 0.15) is 0 Å². The van der Waals surface area contributed by atoms with Crippen LogP contribution in [0.15, 0.2) is 24.3 Å². The van der Waals surface area contributed by atoms with E-state index in [1.165, 1.54) is 0 Å². The third kappa shape index (κ3) is 4.45. The van der Waals surface area contributed by atoms with Crippen LogP contribution < -0.4 is 5.32 Å². The molecule has 0 spiro atoms. The average molecular weight is 386 g/mol. The van der Waals surface area contributed by atoms with E-state index in [9.17, 15) is 4.79 Å². The van der Waals surface area contributed by atoms with Gasteiger partial charge < -0.3 is 5.32 Å². The number of hydrogen-bond donors (Lipinski definition) is 1. The lowest BCUT2D eigenvalue weighted by atomic mass is 10.0. The van der Waals surface area contributed by atoms with Crippen LogP contribution in [-0.4, -0.2) is 32.0 Å². The first-order valence-corrected chi connectivity index (χ1v) is 9.59. The van der Waals surface area contributed by atoms with Gasteiger partial charge in [0.05, 0.1) is 6.42 Å². The molecule has 0 saturated heterocycles. The Morgan fingerprint density at radius 2 is 2.00 bits per heavy atom. The predicted molar refractivity (Wildman–Crippen MR) is 106 cm³/mol. The zero-order valence-corrected chi connectivity index (χ0v) is 16.7. The predicted octanol–water partition coefficient (Wildman–Crippen LogP) is 3.44. The molecule has 1 amide bonds. The second-order valence-corrected chi connectivity index (χ2v) is 7.06. The van der Waals surface area contributed by atoms with Crippen LogP contribution in [-0.2, 0) is 17.6 Å². The summed E-state index contributed by atoms with van der Waals surface area (Å²) in [4.78, 5) is 21.0. The highest BCUT2D eigenvalue weighted by Crippen LogP contribution is 2.22. The van der Waals surface area contributed by atoms with Crippen molar-refractivity contribution in [2.45, 2.75) is 46.5 Å². The van der Waals surface area contributed by atoms with E-state index >= 15 is 0 Å². The maximum Gasteiger partial charge on any atom is 0.252 e. The molecule has 2 heterocycles. The Morgan fingerprint density at radius 1 is 1.22 bits per heavy atom. The molecule has 6 nitrogen and oxygen atoms in total. The van der Waals surface area contributed by atoms with Gasteiger partial charge in [-0.15, -0.1) is 5.10 Å². The zero-order valence-electron chi connectivity index (χ0n) is 15.9. The highest BCUT2D eigenvalue weighted by molar-refractivity contribution is 6.31. The fourth-order valence-corrected chi connectivity index (χ4v) is 3.23. The monoisotopic (exact) mass is 385 g/mol. The van der Waals surface area contributed by atoms with Crippen LogP contribution in [0.1, 0.15) is 48.1 Å². The fourth-order valence-electron chi connectivity index (χ4n) is 3.02. The number of halogens is 1. The summed E-state index contributed by atoms with van der Waals surface area (Å²) in [5.41, 5.74) is 3.97. The molecule has 0 bridgehead atoms. The van der Waals surface area contributed by atoms with E-state index in [0.29, 0.717) is 24.6 Å². The summed E-state index contributed by atoms with van der Waals surface area (Å²) < 4.78 is 1.72. The van der Waals surface area contributed by atoms with E-state index < -0.39 is 0 Å². The van der Waals surface area contributed by atoms with Crippen molar-refractivity contribution in [2.75, 3.05) is 6.54 Å². The summed E-state index contributed by atoms with van der Waals surface area (Å²) in [6, 6.07) is 7.79. The normalized spacial score (nSPS) is 11.1. The van der Waals surface area contributed by atoms with Crippen LogP contribution in [0, 0.1) is 13.8 Å². The third-order valence-electron chi connectivity index (χ3n) is 4.59. The quantitative estimate of drug-likeness (QED) is 0.632. The molecular formula is C20H24ClN5O. The van der Waals surface area contributed by atoms with Gasteiger partial charge in [-0.1, -0.05) is 43.1 Å². The van der Waals surface area contributed by atoms with Gasteiger partial charge in [0, 0.05) is 29.4 Å². The molecule has 27 heavy (non-hydrogen) atoms. The molecule has 0 atom stereocenters. The number of hydrogen-bond acceptors (Lipinski definition) is 4. The summed E-state index contributed by atoms with van der Waals surface area (Å²) >= 11 is 6.31. The number of fused-ring (bicyclic) bond motifs is 1. The molecule has 0 saturated carbocycles. The smallest absolute Gasteiger partial charge is 0.252 e. The fraction of sp³-hybridized carbons (Fsp3) is 0.400. The van der Waals surface area contributed by atoms with Crippen LogP contribution >= 0.6 is 11.6 Å². The van der Waals surface area contributed by atoms with Gasteiger partial charge in [0.15, 0.2) is 5.82 Å². The van der Waals surface area contributed by atoms with Gasteiger partial charge in [-0.2, -0.15) is 4.98 Å². The number of amides is 1. The Balaban J connectivity index is 1.86. The van der Waals surface area contributed by atoms with E-state index in [2.05, 4.69) is 27.3 Å². The molecule has 0 unspecified atom stereocenters. The van der Waals surface area contributed by atoms with E-state index in [4.69, 9.17) is 11.6 Å². The number of carbonyl (C=O) groups excluding carboxylic acids is 1. The van der Waals surface area contributed by atoms with E-state index in [-0.39, 0.29) is 12.3 Å². The molecule has 0 fully saturated rings. The van der Waals surface area contributed by atoms with E-state index in [1.54, 1.807) is 4.52 Å². The molecule has 3 aromatic rings. The Bertz CT molecular complexity index is 966. The molecule has 0 aliphatic heterocycles. The van der Waals surface area contributed by atoms with Crippen molar-refractivity contribution in [3.63, 3.8) is 0 Å². The van der Waals surface area contributed by atoms with Crippen LogP contribution in [0.4, 0.5) is 0 Å². The lowest BCUT2D eigenvalue weighted by Gasteiger charge is -2.11. The van der Waals surface area contributed by atoms with Gasteiger partial charge in [0.25, 0.3) is 5.78 Å². The molecule has 7 heteroatoms. The van der Waals surface area contributed by atoms with Gasteiger partial charge in [-0.25, -0.2) is 9.50 Å². The van der Waals surface area contributed by atoms with Gasteiger partial charge in [0.2, 0.25) is 5.91 Å². The standard InChI is InChI=1S/C20H24ClN5O/c1-4-5-10-22-19(27)12-18-24-20-23-13(2)16(14(3)26(20)25-18)11-15-8-6-7-9-17(15)21/h6-9H,4-5,10-12H2,1-3H3,(H,22,27). The van der Waals surface area contributed by atoms with Gasteiger partial charge in [-0.3, -0.25) is 4.79 Å². The maximum absolute atomic E-state index is 12.0. The number of benzene rings is 1. The molecular weight excluding hydrogens is 362 g/mol. The molecule has 142 valence electrons. The molecule has 3 rings (SSSR count). The molecule has 0 radical (unpaired) electrons. The van der Waals surface area contributed by atoms with E-state index in [1.807, 2.05) is 38.1 Å². The summed E-state index contributed by atoms with van der Waals surface area (Å²) in [6.45, 7) is 6.73. The molecule has 2 aromatic heterocycles. The zero-order chi connectivity index (χ0) is 19.4. The minimum Gasteiger partial charge on any atom is -0.356 e. The molecule has 1 N–H and O–H groups in total. The van der Waals surface area contributed by atoms with Crippen molar-refractivity contribution in [3.8, 4) is 0 Å². The lowest BCUT2D eigenvalue weighted by molar-refractivity contribution is -0.120. The van der Waals surface area contributed by atoms with Crippen molar-refractivity contribution in [1.82, 2.24) is 24.9 Å². The first-order valence-electron chi connectivity index (χ1n) is 9.21. The molecule has 0 aliphatic carbocycles. The Labute approximate surface area is 164 Å². The SMILES string of the molecule is CCCCNC(=O)Cc1nc2nc(C)c(Cc3ccccc3Cl)c(C)n2n1. The second kappa shape index (κ2) is 8.48. The number of rotatable bonds is 7. The van der Waals surface area contributed by atoms with Crippen LogP contribution in [0.5, 0.6) is 0 Å². The summed E-state index contributed by atoms with van der Waals surface area (Å²) in [6.07, 6.45) is 2.84. The largest absolute Gasteiger partial charge is 0.356 e. The van der Waals surface area contributed by atoms with Crippen molar-refractivity contribution in [1.29, 1.82) is 0 Å². The third-order valence-corrected chi connectivity index (χ3v) is 4.96. The van der Waals surface area contributed by atoms with Crippen LogP contribution in [0.25, 0.3) is 5.78 Å². The number of aromatic nitrogens is 4. The second-order valence-electron chi connectivity index (χ2n) is 6.65. The van der Waals surface area contributed by atoms with Crippen molar-refractivity contribution in [2.24, 2.45) is 0 Å². The lowest BCUT2D eigenvalue weighted by Crippen LogP contribution is -2.26. The van der Waals surface area contributed by atoms with Gasteiger partial charge >= 0.3 is 0 Å². The number of unbranched alkanes of at least 4 members (excludes halogenated alkanes) is 1. The average Bonchev–Trinajstić information content (AvgIpc) is 3.02. The summed E-state index contributed by atoms with van der Waals surface area (Å²) in [7, 11) is 0. The first-order chi connectivity index (χ1) is 13.0. The van der Waals surface area contributed by atoms with Crippen molar-refractivity contribution in [3.05, 3.63) is 57.6 Å². The Kier molecular flexibility index (Phi) is 6.06. The highest BCUT2D eigenvalue weighted by Gasteiger charge is 2.16.